The van der Waals surface area contributed by atoms with E-state index in [1.165, 1.54) is 7.11 Å². The number of fused-ring (bicyclic) bond motifs is 3. The number of alkyl carbamates (subject to hydrolysis) is 1. The average molecular weight is 498 g/mol. The quantitative estimate of drug-likeness (QED) is 0.450. The van der Waals surface area contributed by atoms with Gasteiger partial charge in [-0.2, -0.15) is 0 Å². The maximum absolute atomic E-state index is 12.3. The summed E-state index contributed by atoms with van der Waals surface area (Å²) in [4.78, 5) is 12.3. The number of aliphatic hydroxyl groups is 2. The van der Waals surface area contributed by atoms with Gasteiger partial charge in [0, 0.05) is 12.5 Å². The Labute approximate surface area is 194 Å². The van der Waals surface area contributed by atoms with Crippen molar-refractivity contribution in [3.8, 4) is 16.9 Å². The molecule has 3 aromatic rings. The van der Waals surface area contributed by atoms with Crippen molar-refractivity contribution in [1.29, 1.82) is 0 Å². The average Bonchev–Trinajstić information content (AvgIpc) is 3.14. The molecule has 0 fully saturated rings. The summed E-state index contributed by atoms with van der Waals surface area (Å²) < 4.78 is 11.4. The van der Waals surface area contributed by atoms with Crippen LogP contribution in [0.3, 0.4) is 0 Å². The van der Waals surface area contributed by atoms with E-state index >= 15 is 0 Å². The summed E-state index contributed by atoms with van der Waals surface area (Å²) >= 11 is 3.35. The first-order valence-electron chi connectivity index (χ1n) is 10.3. The van der Waals surface area contributed by atoms with Crippen molar-refractivity contribution in [1.82, 2.24) is 5.32 Å². The molecule has 0 bridgehead atoms. The van der Waals surface area contributed by atoms with Crippen LogP contribution in [0.15, 0.2) is 71.2 Å². The van der Waals surface area contributed by atoms with E-state index in [1.54, 1.807) is 18.2 Å². The Balaban J connectivity index is 1.34. The zero-order chi connectivity index (χ0) is 22.7. The van der Waals surface area contributed by atoms with Gasteiger partial charge >= 0.3 is 6.09 Å². The van der Waals surface area contributed by atoms with Gasteiger partial charge < -0.3 is 25.0 Å². The Kier molecular flexibility index (Phi) is 6.79. The molecule has 2 unspecified atom stereocenters. The summed E-state index contributed by atoms with van der Waals surface area (Å²) in [6.45, 7) is 0.0264. The molecule has 4 rings (SSSR count). The molecule has 32 heavy (non-hydrogen) atoms. The van der Waals surface area contributed by atoms with Crippen LogP contribution in [0.2, 0.25) is 0 Å². The van der Waals surface area contributed by atoms with Gasteiger partial charge in [-0.1, -0.05) is 54.6 Å². The number of aliphatic hydroxyl groups excluding tert-OH is 2. The maximum Gasteiger partial charge on any atom is 0.407 e. The van der Waals surface area contributed by atoms with E-state index in [9.17, 15) is 15.0 Å². The van der Waals surface area contributed by atoms with Crippen molar-refractivity contribution in [2.24, 2.45) is 0 Å². The standard InChI is InChI=1S/C25H24BrNO5/c1-31-23-12-15(10-11-21(23)26)24(29)22(28)13-27-25(30)32-14-20-18-8-4-2-6-16(18)17-7-3-5-9-19(17)20/h2-12,20,22,24,28-29H,13-14H2,1H3,(H,27,30). The molecule has 1 aliphatic rings. The summed E-state index contributed by atoms with van der Waals surface area (Å²) in [5, 5.41) is 23.3. The second kappa shape index (κ2) is 9.73. The van der Waals surface area contributed by atoms with Crippen molar-refractivity contribution in [3.05, 3.63) is 87.9 Å². The van der Waals surface area contributed by atoms with Gasteiger partial charge in [0.1, 0.15) is 24.6 Å². The van der Waals surface area contributed by atoms with E-state index in [0.717, 1.165) is 26.7 Å². The first-order valence-corrected chi connectivity index (χ1v) is 11.1. The number of nitrogens with one attached hydrogen (secondary N) is 1. The summed E-state index contributed by atoms with van der Waals surface area (Å²) in [6.07, 6.45) is -3.04. The molecule has 166 valence electrons. The molecular formula is C25H24BrNO5. The van der Waals surface area contributed by atoms with Gasteiger partial charge in [-0.25, -0.2) is 4.79 Å². The molecule has 3 N–H and O–H groups in total. The Bertz CT molecular complexity index is 1070. The zero-order valence-electron chi connectivity index (χ0n) is 17.5. The lowest BCUT2D eigenvalue weighted by Gasteiger charge is -2.20. The molecule has 7 heteroatoms. The third-order valence-electron chi connectivity index (χ3n) is 5.68. The number of halogens is 1. The van der Waals surface area contributed by atoms with E-state index in [0.29, 0.717) is 11.3 Å². The van der Waals surface area contributed by atoms with Gasteiger partial charge in [0.25, 0.3) is 0 Å². The number of carbonyl (C=O) groups is 1. The van der Waals surface area contributed by atoms with Crippen LogP contribution in [0.25, 0.3) is 11.1 Å². The van der Waals surface area contributed by atoms with Crippen LogP contribution < -0.4 is 10.1 Å². The lowest BCUT2D eigenvalue weighted by atomic mass is 9.98. The molecule has 0 spiro atoms. The van der Waals surface area contributed by atoms with Gasteiger partial charge in [0.15, 0.2) is 0 Å². The SMILES string of the molecule is COc1cc(C(O)C(O)CNC(=O)OCC2c3ccccc3-c3ccccc32)ccc1Br. The minimum Gasteiger partial charge on any atom is -0.496 e. The number of rotatable bonds is 7. The van der Waals surface area contributed by atoms with Crippen molar-refractivity contribution >= 4 is 22.0 Å². The zero-order valence-corrected chi connectivity index (χ0v) is 19.1. The minimum atomic E-state index is -1.21. The number of hydrogen-bond acceptors (Lipinski definition) is 5. The number of ether oxygens (including phenoxy) is 2. The van der Waals surface area contributed by atoms with E-state index in [2.05, 4.69) is 33.4 Å². The molecule has 0 aromatic heterocycles. The van der Waals surface area contributed by atoms with Crippen LogP contribution in [-0.2, 0) is 4.74 Å². The molecule has 1 amide bonds. The highest BCUT2D eigenvalue weighted by Crippen LogP contribution is 2.44. The summed E-state index contributed by atoms with van der Waals surface area (Å²) in [5.74, 6) is 0.497. The molecule has 0 radical (unpaired) electrons. The summed E-state index contributed by atoms with van der Waals surface area (Å²) in [6, 6.07) is 21.2. The van der Waals surface area contributed by atoms with Crippen molar-refractivity contribution in [2.45, 2.75) is 18.1 Å². The highest BCUT2D eigenvalue weighted by Gasteiger charge is 2.29. The van der Waals surface area contributed by atoms with Gasteiger partial charge in [-0.3, -0.25) is 0 Å². The van der Waals surface area contributed by atoms with Crippen molar-refractivity contribution in [3.63, 3.8) is 0 Å². The van der Waals surface area contributed by atoms with Crippen LogP contribution >= 0.6 is 15.9 Å². The Hall–Kier alpha value is -2.87. The number of amides is 1. The fourth-order valence-electron chi connectivity index (χ4n) is 4.03. The highest BCUT2D eigenvalue weighted by molar-refractivity contribution is 9.10. The van der Waals surface area contributed by atoms with Gasteiger partial charge in [0.2, 0.25) is 0 Å². The van der Waals surface area contributed by atoms with E-state index in [-0.39, 0.29) is 19.1 Å². The molecule has 3 aromatic carbocycles. The molecule has 0 saturated carbocycles. The lowest BCUT2D eigenvalue weighted by Crippen LogP contribution is -2.36. The third kappa shape index (κ3) is 4.50. The normalized spacial score (nSPS) is 14.2. The molecule has 0 aliphatic heterocycles. The monoisotopic (exact) mass is 497 g/mol. The smallest absolute Gasteiger partial charge is 0.407 e. The van der Waals surface area contributed by atoms with Gasteiger partial charge in [0.05, 0.1) is 11.6 Å². The molecule has 6 nitrogen and oxygen atoms in total. The summed E-state index contributed by atoms with van der Waals surface area (Å²) in [5.41, 5.74) is 5.04. The second-order valence-electron chi connectivity index (χ2n) is 7.61. The molecule has 0 heterocycles. The van der Waals surface area contributed by atoms with E-state index < -0.39 is 18.3 Å². The van der Waals surface area contributed by atoms with Crippen molar-refractivity contribution in [2.75, 3.05) is 20.3 Å². The molecule has 0 saturated heterocycles. The van der Waals surface area contributed by atoms with E-state index in [1.807, 2.05) is 36.4 Å². The number of benzene rings is 3. The minimum absolute atomic E-state index is 0.0427. The molecule has 1 aliphatic carbocycles. The van der Waals surface area contributed by atoms with E-state index in [4.69, 9.17) is 9.47 Å². The van der Waals surface area contributed by atoms with Crippen LogP contribution in [0, 0.1) is 0 Å². The van der Waals surface area contributed by atoms with Crippen LogP contribution in [-0.4, -0.2) is 42.7 Å². The van der Waals surface area contributed by atoms with Crippen LogP contribution in [0.5, 0.6) is 5.75 Å². The number of hydrogen-bond donors (Lipinski definition) is 3. The predicted octanol–water partition coefficient (Wildman–Crippen LogP) is 4.39. The maximum atomic E-state index is 12.3. The summed E-state index contributed by atoms with van der Waals surface area (Å²) in [7, 11) is 1.52. The Morgan fingerprint density at radius 2 is 1.66 bits per heavy atom. The fraction of sp³-hybridized carbons (Fsp3) is 0.240. The highest BCUT2D eigenvalue weighted by atomic mass is 79.9. The van der Waals surface area contributed by atoms with Crippen LogP contribution in [0.1, 0.15) is 28.7 Å². The Morgan fingerprint density at radius 3 is 2.28 bits per heavy atom. The predicted molar refractivity (Wildman–Crippen MR) is 125 cm³/mol. The lowest BCUT2D eigenvalue weighted by molar-refractivity contribution is 0.0184. The van der Waals surface area contributed by atoms with Crippen LogP contribution in [0.4, 0.5) is 4.79 Å². The number of methoxy groups -OCH3 is 1. The largest absolute Gasteiger partial charge is 0.496 e. The second-order valence-corrected chi connectivity index (χ2v) is 8.47. The Morgan fingerprint density at radius 1 is 1.03 bits per heavy atom. The topological polar surface area (TPSA) is 88.0 Å². The van der Waals surface area contributed by atoms with Gasteiger partial charge in [-0.15, -0.1) is 0 Å². The number of carbonyl (C=O) groups excluding carboxylic acids is 1. The first kappa shape index (κ1) is 22.3. The molecule has 2 atom stereocenters. The van der Waals surface area contributed by atoms with Crippen molar-refractivity contribution < 1.29 is 24.5 Å². The third-order valence-corrected chi connectivity index (χ3v) is 6.34. The van der Waals surface area contributed by atoms with Gasteiger partial charge in [-0.05, 0) is 55.9 Å². The molecular weight excluding hydrogens is 474 g/mol. The first-order chi connectivity index (χ1) is 15.5. The fourth-order valence-corrected chi connectivity index (χ4v) is 4.44.